The molecule has 0 heterocycles. The second-order valence-electron chi connectivity index (χ2n) is 7.77. The third-order valence-corrected chi connectivity index (χ3v) is 4.43. The van der Waals surface area contributed by atoms with Crippen LogP contribution in [-0.4, -0.2) is 28.3 Å². The molecule has 2 aromatic carbocycles. The van der Waals surface area contributed by atoms with Gasteiger partial charge in [0, 0.05) is 12.3 Å². The Kier molecular flexibility index (Phi) is 7.03. The van der Waals surface area contributed by atoms with Crippen LogP contribution in [0.4, 0.5) is 4.79 Å². The highest BCUT2D eigenvalue weighted by Gasteiger charge is 2.48. The Hall–Kier alpha value is -3.30. The molecule has 2 rings (SSSR count). The first-order valence-electron chi connectivity index (χ1n) is 9.38. The third kappa shape index (κ3) is 5.59. The van der Waals surface area contributed by atoms with Crippen molar-refractivity contribution in [2.24, 2.45) is 0 Å². The monoisotopic (exact) mass is 393 g/mol. The summed E-state index contributed by atoms with van der Waals surface area (Å²) in [5, 5.41) is 13.0. The van der Waals surface area contributed by atoms with E-state index in [2.05, 4.69) is 17.6 Å². The van der Waals surface area contributed by atoms with Gasteiger partial charge in [-0.15, -0.1) is 5.73 Å². The van der Waals surface area contributed by atoms with E-state index in [0.29, 0.717) is 0 Å². The molecule has 29 heavy (non-hydrogen) atoms. The SMILES string of the molecule is C=C=CC[C@](NC(=O)OC(C)(C)C)(C(=O)O)C(c1ccccc1)c1ccccc1. The van der Waals surface area contributed by atoms with Crippen molar-refractivity contribution in [2.75, 3.05) is 0 Å². The van der Waals surface area contributed by atoms with Crippen molar-refractivity contribution >= 4 is 12.1 Å². The molecule has 0 radical (unpaired) electrons. The van der Waals surface area contributed by atoms with Gasteiger partial charge in [0.25, 0.3) is 0 Å². The van der Waals surface area contributed by atoms with Gasteiger partial charge < -0.3 is 15.2 Å². The number of carboxylic acid groups (broad SMARTS) is 1. The number of hydrogen-bond donors (Lipinski definition) is 2. The first-order chi connectivity index (χ1) is 13.7. The molecule has 0 aliphatic rings. The van der Waals surface area contributed by atoms with Crippen LogP contribution in [0.15, 0.2) is 79.0 Å². The lowest BCUT2D eigenvalue weighted by atomic mass is 9.73. The van der Waals surface area contributed by atoms with Crippen LogP contribution in [0.2, 0.25) is 0 Å². The second kappa shape index (κ2) is 9.26. The molecule has 0 bridgehead atoms. The van der Waals surface area contributed by atoms with Crippen molar-refractivity contribution in [3.05, 3.63) is 90.2 Å². The number of carboxylic acids is 1. The molecule has 0 aromatic heterocycles. The lowest BCUT2D eigenvalue weighted by Gasteiger charge is -2.38. The van der Waals surface area contributed by atoms with E-state index in [-0.39, 0.29) is 6.42 Å². The Morgan fingerprint density at radius 2 is 1.55 bits per heavy atom. The smallest absolute Gasteiger partial charge is 0.408 e. The van der Waals surface area contributed by atoms with Gasteiger partial charge in [0.1, 0.15) is 5.60 Å². The summed E-state index contributed by atoms with van der Waals surface area (Å²) in [5.74, 6) is -1.84. The van der Waals surface area contributed by atoms with E-state index in [1.807, 2.05) is 60.7 Å². The molecule has 0 unspecified atom stereocenters. The maximum absolute atomic E-state index is 12.7. The van der Waals surface area contributed by atoms with Gasteiger partial charge in [-0.3, -0.25) is 0 Å². The highest BCUT2D eigenvalue weighted by Crippen LogP contribution is 2.38. The van der Waals surface area contributed by atoms with Crippen LogP contribution in [0.3, 0.4) is 0 Å². The van der Waals surface area contributed by atoms with E-state index in [4.69, 9.17) is 4.74 Å². The van der Waals surface area contributed by atoms with Gasteiger partial charge in [-0.25, -0.2) is 9.59 Å². The van der Waals surface area contributed by atoms with Crippen molar-refractivity contribution < 1.29 is 19.4 Å². The average Bonchev–Trinajstić information content (AvgIpc) is 2.66. The molecule has 2 N–H and O–H groups in total. The van der Waals surface area contributed by atoms with Crippen LogP contribution in [0.25, 0.3) is 0 Å². The molecular weight excluding hydrogens is 366 g/mol. The standard InChI is InChI=1S/C24H27NO4/c1-5-6-17-24(21(26)27,25-22(28)29-23(2,3)4)20(18-13-9-7-10-14-18)19-15-11-8-12-16-19/h6-16,20H,1,17H2,2-4H3,(H,25,28)(H,26,27)/t24-/m1/s1. The summed E-state index contributed by atoms with van der Waals surface area (Å²) in [6.07, 6.45) is 0.707. The Morgan fingerprint density at radius 3 is 1.93 bits per heavy atom. The number of alkyl carbamates (subject to hydrolysis) is 1. The van der Waals surface area contributed by atoms with Crippen LogP contribution < -0.4 is 5.32 Å². The summed E-state index contributed by atoms with van der Waals surface area (Å²) in [4.78, 5) is 25.3. The maximum Gasteiger partial charge on any atom is 0.408 e. The van der Waals surface area contributed by atoms with E-state index in [0.717, 1.165) is 11.1 Å². The fourth-order valence-corrected chi connectivity index (χ4v) is 3.28. The van der Waals surface area contributed by atoms with Crippen molar-refractivity contribution in [3.8, 4) is 0 Å². The molecule has 5 heteroatoms. The summed E-state index contributed by atoms with van der Waals surface area (Å²) >= 11 is 0. The zero-order valence-corrected chi connectivity index (χ0v) is 17.0. The molecule has 1 amide bonds. The van der Waals surface area contributed by atoms with Gasteiger partial charge in [0.15, 0.2) is 5.54 Å². The number of carbonyl (C=O) groups is 2. The number of ether oxygens (including phenoxy) is 1. The van der Waals surface area contributed by atoms with E-state index in [1.54, 1.807) is 20.8 Å². The minimum Gasteiger partial charge on any atom is -0.479 e. The minimum absolute atomic E-state index is 0.0144. The molecule has 0 fully saturated rings. The predicted molar refractivity (Wildman–Crippen MR) is 113 cm³/mol. The first kappa shape index (κ1) is 22.0. The molecule has 2 aromatic rings. The molecular formula is C24H27NO4. The number of benzene rings is 2. The molecule has 0 aliphatic carbocycles. The zero-order chi connectivity index (χ0) is 21.5. The fraction of sp³-hybridized carbons (Fsp3) is 0.292. The maximum atomic E-state index is 12.7. The van der Waals surface area contributed by atoms with E-state index < -0.39 is 29.1 Å². The molecule has 5 nitrogen and oxygen atoms in total. The van der Waals surface area contributed by atoms with Crippen LogP contribution in [0.1, 0.15) is 44.2 Å². The van der Waals surface area contributed by atoms with Crippen LogP contribution in [0.5, 0.6) is 0 Å². The highest BCUT2D eigenvalue weighted by atomic mass is 16.6. The zero-order valence-electron chi connectivity index (χ0n) is 17.0. The minimum atomic E-state index is -1.70. The Morgan fingerprint density at radius 1 is 1.07 bits per heavy atom. The van der Waals surface area contributed by atoms with Crippen LogP contribution in [-0.2, 0) is 9.53 Å². The van der Waals surface area contributed by atoms with E-state index >= 15 is 0 Å². The molecule has 0 aliphatic heterocycles. The number of carbonyl (C=O) groups excluding carboxylic acids is 1. The lowest BCUT2D eigenvalue weighted by Crippen LogP contribution is -2.59. The number of aliphatic carboxylic acids is 1. The summed E-state index contributed by atoms with van der Waals surface area (Å²) in [5.41, 5.74) is 1.68. The van der Waals surface area contributed by atoms with Gasteiger partial charge in [0.05, 0.1) is 0 Å². The first-order valence-corrected chi connectivity index (χ1v) is 9.38. The number of nitrogens with one attached hydrogen (secondary N) is 1. The summed E-state index contributed by atoms with van der Waals surface area (Å²) in [6, 6.07) is 18.5. The number of rotatable bonds is 7. The highest BCUT2D eigenvalue weighted by molar-refractivity contribution is 5.87. The van der Waals surface area contributed by atoms with Crippen LogP contribution in [0, 0.1) is 0 Å². The molecule has 152 valence electrons. The van der Waals surface area contributed by atoms with Crippen molar-refractivity contribution in [2.45, 2.75) is 44.2 Å². The van der Waals surface area contributed by atoms with E-state index in [9.17, 15) is 14.7 Å². The third-order valence-electron chi connectivity index (χ3n) is 4.43. The predicted octanol–water partition coefficient (Wildman–Crippen LogP) is 4.90. The molecule has 0 spiro atoms. The quantitative estimate of drug-likeness (QED) is 0.656. The Bertz CT molecular complexity index is 841. The second-order valence-corrected chi connectivity index (χ2v) is 7.77. The van der Waals surface area contributed by atoms with Gasteiger partial charge in [-0.2, -0.15) is 0 Å². The molecule has 0 saturated carbocycles. The van der Waals surface area contributed by atoms with Crippen molar-refractivity contribution in [1.82, 2.24) is 5.32 Å². The van der Waals surface area contributed by atoms with E-state index in [1.165, 1.54) is 6.08 Å². The van der Waals surface area contributed by atoms with Gasteiger partial charge in [-0.05, 0) is 38.0 Å². The van der Waals surface area contributed by atoms with Gasteiger partial charge >= 0.3 is 12.1 Å². The van der Waals surface area contributed by atoms with Crippen molar-refractivity contribution in [1.29, 1.82) is 0 Å². The number of amides is 1. The van der Waals surface area contributed by atoms with Crippen molar-refractivity contribution in [3.63, 3.8) is 0 Å². The lowest BCUT2D eigenvalue weighted by molar-refractivity contribution is -0.145. The summed E-state index contributed by atoms with van der Waals surface area (Å²) < 4.78 is 5.38. The normalized spacial score (nSPS) is 13.1. The molecule has 0 saturated heterocycles. The van der Waals surface area contributed by atoms with Gasteiger partial charge in [0.2, 0.25) is 0 Å². The largest absolute Gasteiger partial charge is 0.479 e. The Labute approximate surface area is 171 Å². The van der Waals surface area contributed by atoms with Crippen LogP contribution >= 0.6 is 0 Å². The molecule has 1 atom stereocenters. The summed E-state index contributed by atoms with van der Waals surface area (Å²) in [7, 11) is 0. The Balaban J connectivity index is 2.67. The van der Waals surface area contributed by atoms with Gasteiger partial charge in [-0.1, -0.05) is 67.2 Å². The number of hydrogen-bond acceptors (Lipinski definition) is 3. The summed E-state index contributed by atoms with van der Waals surface area (Å²) in [6.45, 7) is 8.73. The fourth-order valence-electron chi connectivity index (χ4n) is 3.28. The topological polar surface area (TPSA) is 75.6 Å². The average molecular weight is 393 g/mol.